The van der Waals surface area contributed by atoms with Gasteiger partial charge in [-0.1, -0.05) is 72.8 Å². The van der Waals surface area contributed by atoms with E-state index < -0.39 is 0 Å². The lowest BCUT2D eigenvalue weighted by Gasteiger charge is -2.26. The van der Waals surface area contributed by atoms with Gasteiger partial charge in [-0.2, -0.15) is 0 Å². The molecule has 0 saturated carbocycles. The molecule has 0 radical (unpaired) electrons. The van der Waals surface area contributed by atoms with Crippen molar-refractivity contribution in [3.8, 4) is 0 Å². The fourth-order valence-electron chi connectivity index (χ4n) is 3.07. The fourth-order valence-corrected chi connectivity index (χ4v) is 3.44. The number of nitrogens with zero attached hydrogens (tertiary/aromatic N) is 1. The molecule has 3 rings (SSSR count). The summed E-state index contributed by atoms with van der Waals surface area (Å²) in [5.41, 5.74) is 2.47. The van der Waals surface area contributed by atoms with Gasteiger partial charge < -0.3 is 4.90 Å². The van der Waals surface area contributed by atoms with Gasteiger partial charge in [0.25, 0.3) is 0 Å². The van der Waals surface area contributed by atoms with Crippen LogP contribution in [0.4, 0.5) is 0 Å². The SMILES string of the molecule is CN(C)C[C@@H](c1ccc2ccccc2c1)[C@@H](Cl)c1ccccc1. The minimum atomic E-state index is -0.0419. The summed E-state index contributed by atoms with van der Waals surface area (Å²) in [6, 6.07) is 25.5. The van der Waals surface area contributed by atoms with Crippen LogP contribution in [0.25, 0.3) is 10.8 Å². The number of likely N-dealkylation sites (N-methyl/N-ethyl adjacent to an activating group) is 1. The summed E-state index contributed by atoms with van der Waals surface area (Å²) in [6.07, 6.45) is 0. The summed E-state index contributed by atoms with van der Waals surface area (Å²) in [4.78, 5) is 2.21. The zero-order chi connectivity index (χ0) is 16.2. The summed E-state index contributed by atoms with van der Waals surface area (Å²) in [6.45, 7) is 0.918. The van der Waals surface area contributed by atoms with Crippen molar-refractivity contribution < 1.29 is 0 Å². The molecule has 3 aromatic carbocycles. The van der Waals surface area contributed by atoms with Gasteiger partial charge in [0.05, 0.1) is 5.38 Å². The number of hydrogen-bond donors (Lipinski definition) is 0. The summed E-state index contributed by atoms with van der Waals surface area (Å²) in [7, 11) is 4.20. The molecule has 0 unspecified atom stereocenters. The van der Waals surface area contributed by atoms with Crippen LogP contribution >= 0.6 is 11.6 Å². The molecule has 0 N–H and O–H groups in total. The summed E-state index contributed by atoms with van der Waals surface area (Å²) >= 11 is 6.88. The molecule has 23 heavy (non-hydrogen) atoms. The monoisotopic (exact) mass is 323 g/mol. The fraction of sp³-hybridized carbons (Fsp3) is 0.238. The molecule has 0 spiro atoms. The Balaban J connectivity index is 2.00. The topological polar surface area (TPSA) is 3.24 Å². The van der Waals surface area contributed by atoms with Crippen LogP contribution < -0.4 is 0 Å². The smallest absolute Gasteiger partial charge is 0.0666 e. The van der Waals surface area contributed by atoms with Crippen LogP contribution in [0.2, 0.25) is 0 Å². The van der Waals surface area contributed by atoms with Gasteiger partial charge >= 0.3 is 0 Å². The molecule has 0 fully saturated rings. The highest BCUT2D eigenvalue weighted by Crippen LogP contribution is 2.37. The summed E-state index contributed by atoms with van der Waals surface area (Å²) in [5, 5.41) is 2.50. The third-order valence-corrected chi connectivity index (χ3v) is 4.79. The van der Waals surface area contributed by atoms with Crippen LogP contribution in [-0.2, 0) is 0 Å². The van der Waals surface area contributed by atoms with Gasteiger partial charge in [0.15, 0.2) is 0 Å². The van der Waals surface area contributed by atoms with Gasteiger partial charge in [0.1, 0.15) is 0 Å². The van der Waals surface area contributed by atoms with Crippen molar-refractivity contribution in [2.24, 2.45) is 0 Å². The molecule has 0 aliphatic heterocycles. The van der Waals surface area contributed by atoms with Crippen molar-refractivity contribution in [3.63, 3.8) is 0 Å². The van der Waals surface area contributed by atoms with Gasteiger partial charge in [-0.25, -0.2) is 0 Å². The maximum Gasteiger partial charge on any atom is 0.0666 e. The highest BCUT2D eigenvalue weighted by atomic mass is 35.5. The predicted molar refractivity (Wildman–Crippen MR) is 100 cm³/mol. The van der Waals surface area contributed by atoms with E-state index in [1.807, 2.05) is 6.07 Å². The van der Waals surface area contributed by atoms with Gasteiger partial charge in [-0.05, 0) is 36.0 Å². The van der Waals surface area contributed by atoms with E-state index in [2.05, 4.69) is 85.7 Å². The Morgan fingerprint density at radius 1 is 0.783 bits per heavy atom. The highest BCUT2D eigenvalue weighted by Gasteiger charge is 2.23. The van der Waals surface area contributed by atoms with E-state index in [1.54, 1.807) is 0 Å². The minimum Gasteiger partial charge on any atom is -0.309 e. The Morgan fingerprint density at radius 2 is 1.43 bits per heavy atom. The average Bonchev–Trinajstić information content (AvgIpc) is 2.59. The molecule has 0 saturated heterocycles. The summed E-state index contributed by atoms with van der Waals surface area (Å²) in [5.74, 6) is 0.249. The molecule has 0 aromatic heterocycles. The third kappa shape index (κ3) is 3.74. The molecule has 0 heterocycles. The van der Waals surface area contributed by atoms with Crippen molar-refractivity contribution in [1.82, 2.24) is 4.90 Å². The number of hydrogen-bond acceptors (Lipinski definition) is 1. The van der Waals surface area contributed by atoms with Gasteiger partial charge in [0.2, 0.25) is 0 Å². The lowest BCUT2D eigenvalue weighted by molar-refractivity contribution is 0.368. The van der Waals surface area contributed by atoms with E-state index >= 15 is 0 Å². The number of alkyl halides is 1. The van der Waals surface area contributed by atoms with Crippen LogP contribution in [0.1, 0.15) is 22.4 Å². The molecule has 0 aliphatic rings. The normalized spacial score (nSPS) is 14.1. The van der Waals surface area contributed by atoms with E-state index in [9.17, 15) is 0 Å². The number of halogens is 1. The molecule has 2 heteroatoms. The highest BCUT2D eigenvalue weighted by molar-refractivity contribution is 6.21. The predicted octanol–water partition coefficient (Wildman–Crippen LogP) is 5.47. The maximum absolute atomic E-state index is 6.88. The largest absolute Gasteiger partial charge is 0.309 e. The van der Waals surface area contributed by atoms with Crippen LogP contribution in [0.5, 0.6) is 0 Å². The van der Waals surface area contributed by atoms with Gasteiger partial charge in [-0.15, -0.1) is 11.6 Å². The van der Waals surface area contributed by atoms with Gasteiger partial charge in [-0.3, -0.25) is 0 Å². The van der Waals surface area contributed by atoms with Gasteiger partial charge in [0, 0.05) is 12.5 Å². The van der Waals surface area contributed by atoms with Crippen LogP contribution in [0, 0.1) is 0 Å². The molecule has 1 nitrogen and oxygen atoms in total. The van der Waals surface area contributed by atoms with E-state index in [0.717, 1.165) is 6.54 Å². The summed E-state index contributed by atoms with van der Waals surface area (Å²) < 4.78 is 0. The Morgan fingerprint density at radius 3 is 2.13 bits per heavy atom. The second-order valence-electron chi connectivity index (χ2n) is 6.29. The first kappa shape index (κ1) is 16.0. The van der Waals surface area contributed by atoms with E-state index in [-0.39, 0.29) is 11.3 Å². The quantitative estimate of drug-likeness (QED) is 0.563. The number of benzene rings is 3. The lowest BCUT2D eigenvalue weighted by Crippen LogP contribution is -2.23. The van der Waals surface area contributed by atoms with Crippen molar-refractivity contribution in [3.05, 3.63) is 83.9 Å². The Kier molecular flexibility index (Phi) is 5.00. The minimum absolute atomic E-state index is 0.0419. The Bertz CT molecular complexity index is 767. The van der Waals surface area contributed by atoms with Crippen molar-refractivity contribution in [2.75, 3.05) is 20.6 Å². The van der Waals surface area contributed by atoms with Crippen LogP contribution in [-0.4, -0.2) is 25.5 Å². The standard InChI is InChI=1S/C21H22ClN/c1-23(2)15-20(21(22)17-9-4-3-5-10-17)19-13-12-16-8-6-7-11-18(16)14-19/h3-14,20-21H,15H2,1-2H3/t20-,21-/m0/s1. The first-order valence-electron chi connectivity index (χ1n) is 7.97. The Hall–Kier alpha value is -1.83. The maximum atomic E-state index is 6.88. The molecule has 0 amide bonds. The first-order chi connectivity index (χ1) is 11.1. The molecule has 3 aromatic rings. The molecule has 118 valence electrons. The molecular weight excluding hydrogens is 302 g/mol. The van der Waals surface area contributed by atoms with Crippen molar-refractivity contribution in [1.29, 1.82) is 0 Å². The third-order valence-electron chi connectivity index (χ3n) is 4.23. The number of fused-ring (bicyclic) bond motifs is 1. The van der Waals surface area contributed by atoms with E-state index in [1.165, 1.54) is 21.9 Å². The zero-order valence-corrected chi connectivity index (χ0v) is 14.4. The number of rotatable bonds is 5. The van der Waals surface area contributed by atoms with Crippen molar-refractivity contribution in [2.45, 2.75) is 11.3 Å². The van der Waals surface area contributed by atoms with Crippen molar-refractivity contribution >= 4 is 22.4 Å². The van der Waals surface area contributed by atoms with Crippen LogP contribution in [0.15, 0.2) is 72.8 Å². The molecular formula is C21H22ClN. The lowest BCUT2D eigenvalue weighted by atomic mass is 9.89. The average molecular weight is 324 g/mol. The zero-order valence-electron chi connectivity index (χ0n) is 13.6. The van der Waals surface area contributed by atoms with E-state index in [4.69, 9.17) is 11.6 Å². The van der Waals surface area contributed by atoms with Crippen LogP contribution in [0.3, 0.4) is 0 Å². The van der Waals surface area contributed by atoms with E-state index in [0.29, 0.717) is 0 Å². The second kappa shape index (κ2) is 7.16. The molecule has 0 aliphatic carbocycles. The molecule has 0 bridgehead atoms. The second-order valence-corrected chi connectivity index (χ2v) is 6.76. The molecule has 2 atom stereocenters. The Labute approximate surface area is 143 Å². The first-order valence-corrected chi connectivity index (χ1v) is 8.41.